The fourth-order valence-corrected chi connectivity index (χ4v) is 3.87. The number of benzene rings is 1. The minimum Gasteiger partial charge on any atom is -0.496 e. The Morgan fingerprint density at radius 3 is 2.47 bits per heavy atom. The normalized spacial score (nSPS) is 23.3. The van der Waals surface area contributed by atoms with E-state index in [4.69, 9.17) is 9.47 Å². The van der Waals surface area contributed by atoms with Crippen LogP contribution in [0.25, 0.3) is 0 Å². The highest BCUT2D eigenvalue weighted by Gasteiger charge is 2.42. The van der Waals surface area contributed by atoms with Crippen LogP contribution in [-0.2, 0) is 11.2 Å². The quantitative estimate of drug-likeness (QED) is 0.834. The monoisotopic (exact) mass is 260 g/mol. The Hall–Kier alpha value is -1.51. The van der Waals surface area contributed by atoms with Crippen molar-refractivity contribution in [2.75, 3.05) is 14.2 Å². The van der Waals surface area contributed by atoms with Crippen molar-refractivity contribution in [1.29, 1.82) is 0 Å². The number of carbonyl (C=O) groups is 1. The summed E-state index contributed by atoms with van der Waals surface area (Å²) >= 11 is 0. The first-order valence-corrected chi connectivity index (χ1v) is 6.92. The van der Waals surface area contributed by atoms with Gasteiger partial charge in [0.15, 0.2) is 0 Å². The van der Waals surface area contributed by atoms with Gasteiger partial charge in [-0.3, -0.25) is 4.79 Å². The zero-order valence-corrected chi connectivity index (χ0v) is 11.8. The molecular weight excluding hydrogens is 240 g/mol. The molecule has 0 radical (unpaired) electrons. The van der Waals surface area contributed by atoms with E-state index >= 15 is 0 Å². The van der Waals surface area contributed by atoms with Crippen molar-refractivity contribution in [3.05, 3.63) is 22.8 Å². The summed E-state index contributed by atoms with van der Waals surface area (Å²) < 4.78 is 11.2. The van der Waals surface area contributed by atoms with Crippen molar-refractivity contribution in [1.82, 2.24) is 0 Å². The Kier molecular flexibility index (Phi) is 3.00. The molecule has 2 bridgehead atoms. The van der Waals surface area contributed by atoms with Crippen LogP contribution >= 0.6 is 0 Å². The van der Waals surface area contributed by atoms with Gasteiger partial charge in [0.25, 0.3) is 0 Å². The van der Waals surface area contributed by atoms with Gasteiger partial charge in [0.05, 0.1) is 14.2 Å². The fourth-order valence-electron chi connectivity index (χ4n) is 3.87. The van der Waals surface area contributed by atoms with E-state index in [-0.39, 0.29) is 5.78 Å². The first-order chi connectivity index (χ1) is 9.15. The molecule has 2 unspecified atom stereocenters. The predicted molar refractivity (Wildman–Crippen MR) is 73.3 cm³/mol. The Balaban J connectivity index is 2.19. The van der Waals surface area contributed by atoms with Gasteiger partial charge in [-0.1, -0.05) is 0 Å². The second kappa shape index (κ2) is 4.55. The topological polar surface area (TPSA) is 35.5 Å². The van der Waals surface area contributed by atoms with E-state index in [0.717, 1.165) is 17.1 Å². The minimum absolute atomic E-state index is 0.156. The van der Waals surface area contributed by atoms with Crippen LogP contribution in [0.3, 0.4) is 0 Å². The third-order valence-corrected chi connectivity index (χ3v) is 4.51. The Morgan fingerprint density at radius 1 is 1.21 bits per heavy atom. The van der Waals surface area contributed by atoms with Crippen LogP contribution in [0.15, 0.2) is 6.07 Å². The highest BCUT2D eigenvalue weighted by molar-refractivity contribution is 5.80. The molecule has 0 N–H and O–H groups in total. The van der Waals surface area contributed by atoms with Crippen molar-refractivity contribution in [3.8, 4) is 11.5 Å². The number of hydrogen-bond acceptors (Lipinski definition) is 3. The van der Waals surface area contributed by atoms with Crippen LogP contribution in [0.2, 0.25) is 0 Å². The number of fused-ring (bicyclic) bond motifs is 5. The number of rotatable bonds is 4. The van der Waals surface area contributed by atoms with E-state index in [1.54, 1.807) is 21.1 Å². The molecule has 2 aliphatic rings. The molecule has 1 saturated carbocycles. The maximum Gasteiger partial charge on any atom is 0.134 e. The van der Waals surface area contributed by atoms with Crippen molar-refractivity contribution in [2.45, 2.75) is 44.4 Å². The second-order valence-electron chi connectivity index (χ2n) is 5.68. The van der Waals surface area contributed by atoms with Gasteiger partial charge in [-0.05, 0) is 44.1 Å². The standard InChI is InChI=1S/C16H20O3/c1-9(17)6-12-8-13(18-2)14-10-4-5-11(7-10)15(14)16(12)19-3/h8,10-11H,4-7H2,1-3H3. The minimum atomic E-state index is 0.156. The molecule has 3 nitrogen and oxygen atoms in total. The van der Waals surface area contributed by atoms with Crippen LogP contribution in [0.1, 0.15) is 54.7 Å². The maximum absolute atomic E-state index is 11.4. The summed E-state index contributed by atoms with van der Waals surface area (Å²) in [6, 6.07) is 2.00. The molecular formula is C16H20O3. The van der Waals surface area contributed by atoms with Crippen LogP contribution in [-0.4, -0.2) is 20.0 Å². The second-order valence-corrected chi connectivity index (χ2v) is 5.68. The van der Waals surface area contributed by atoms with E-state index in [1.165, 1.54) is 30.4 Å². The molecule has 0 aromatic heterocycles. The maximum atomic E-state index is 11.4. The number of ether oxygens (including phenoxy) is 2. The van der Waals surface area contributed by atoms with Crippen LogP contribution in [0.4, 0.5) is 0 Å². The van der Waals surface area contributed by atoms with Crippen molar-refractivity contribution >= 4 is 5.78 Å². The fraction of sp³-hybridized carbons (Fsp3) is 0.562. The van der Waals surface area contributed by atoms with Crippen molar-refractivity contribution < 1.29 is 14.3 Å². The molecule has 2 atom stereocenters. The lowest BCUT2D eigenvalue weighted by molar-refractivity contribution is -0.116. The zero-order valence-electron chi connectivity index (χ0n) is 11.8. The molecule has 0 saturated heterocycles. The summed E-state index contributed by atoms with van der Waals surface area (Å²) in [5.74, 6) is 3.24. The first kappa shape index (κ1) is 12.5. The Morgan fingerprint density at radius 2 is 1.89 bits per heavy atom. The van der Waals surface area contributed by atoms with E-state index < -0.39 is 0 Å². The van der Waals surface area contributed by atoms with Crippen LogP contribution in [0.5, 0.6) is 11.5 Å². The molecule has 3 rings (SSSR count). The molecule has 1 aromatic carbocycles. The molecule has 3 heteroatoms. The highest BCUT2D eigenvalue weighted by Crippen LogP contribution is 2.59. The van der Waals surface area contributed by atoms with Gasteiger partial charge in [-0.2, -0.15) is 0 Å². The molecule has 2 aliphatic carbocycles. The SMILES string of the molecule is COc1cc(CC(C)=O)c(OC)c2c1C1CCC2C1. The zero-order chi connectivity index (χ0) is 13.6. The first-order valence-electron chi connectivity index (χ1n) is 6.92. The third kappa shape index (κ3) is 1.83. The van der Waals surface area contributed by atoms with Gasteiger partial charge in [0.2, 0.25) is 0 Å². The molecule has 19 heavy (non-hydrogen) atoms. The smallest absolute Gasteiger partial charge is 0.134 e. The third-order valence-electron chi connectivity index (χ3n) is 4.51. The summed E-state index contributed by atoms with van der Waals surface area (Å²) in [5, 5.41) is 0. The number of carbonyl (C=O) groups excluding carboxylic acids is 1. The van der Waals surface area contributed by atoms with Gasteiger partial charge in [-0.25, -0.2) is 0 Å². The van der Waals surface area contributed by atoms with Crippen molar-refractivity contribution in [3.63, 3.8) is 0 Å². The molecule has 0 aliphatic heterocycles. The molecule has 102 valence electrons. The van der Waals surface area contributed by atoms with Crippen molar-refractivity contribution in [2.24, 2.45) is 0 Å². The highest BCUT2D eigenvalue weighted by atomic mass is 16.5. The number of methoxy groups -OCH3 is 2. The lowest BCUT2D eigenvalue weighted by Gasteiger charge is -2.23. The van der Waals surface area contributed by atoms with Gasteiger partial charge in [0, 0.05) is 23.1 Å². The lowest BCUT2D eigenvalue weighted by Crippen LogP contribution is -2.08. The summed E-state index contributed by atoms with van der Waals surface area (Å²) in [4.78, 5) is 11.4. The summed E-state index contributed by atoms with van der Waals surface area (Å²) in [6.07, 6.45) is 4.12. The van der Waals surface area contributed by atoms with Gasteiger partial charge in [0.1, 0.15) is 17.3 Å². The Labute approximate surface area is 113 Å². The van der Waals surface area contributed by atoms with Crippen LogP contribution < -0.4 is 9.47 Å². The average Bonchev–Trinajstić information content (AvgIpc) is 2.98. The summed E-state index contributed by atoms with van der Waals surface area (Å²) in [7, 11) is 3.42. The van der Waals surface area contributed by atoms with Gasteiger partial charge in [-0.15, -0.1) is 0 Å². The lowest BCUT2D eigenvalue weighted by atomic mass is 9.87. The van der Waals surface area contributed by atoms with Gasteiger partial charge < -0.3 is 9.47 Å². The van der Waals surface area contributed by atoms with E-state index in [9.17, 15) is 4.79 Å². The molecule has 1 fully saturated rings. The van der Waals surface area contributed by atoms with Gasteiger partial charge >= 0.3 is 0 Å². The molecule has 0 amide bonds. The largest absolute Gasteiger partial charge is 0.496 e. The average molecular weight is 260 g/mol. The molecule has 1 aromatic rings. The molecule has 0 spiro atoms. The Bertz CT molecular complexity index is 533. The predicted octanol–water partition coefficient (Wildman–Crippen LogP) is 3.20. The van der Waals surface area contributed by atoms with E-state index in [1.807, 2.05) is 6.07 Å². The van der Waals surface area contributed by atoms with E-state index in [0.29, 0.717) is 18.3 Å². The number of Topliss-reactive ketones (excluding diaryl/α,β-unsaturated/α-hetero) is 1. The molecule has 0 heterocycles. The number of ketones is 1. The summed E-state index contributed by atoms with van der Waals surface area (Å²) in [5.41, 5.74) is 3.62. The van der Waals surface area contributed by atoms with E-state index in [2.05, 4.69) is 0 Å². The summed E-state index contributed by atoms with van der Waals surface area (Å²) in [6.45, 7) is 1.62. The van der Waals surface area contributed by atoms with Crippen LogP contribution in [0, 0.1) is 0 Å². The number of hydrogen-bond donors (Lipinski definition) is 0.